The lowest BCUT2D eigenvalue weighted by Crippen LogP contribution is -2.45. The summed E-state index contributed by atoms with van der Waals surface area (Å²) in [6.07, 6.45) is 21.3. The maximum absolute atomic E-state index is 14.2. The molecule has 0 bridgehead atoms. The topological polar surface area (TPSA) is 122 Å². The molecule has 45 heavy (non-hydrogen) atoms. The van der Waals surface area contributed by atoms with Gasteiger partial charge in [0.1, 0.15) is 6.54 Å². The number of benzene rings is 1. The normalized spacial score (nSPS) is 15.0. The van der Waals surface area contributed by atoms with Gasteiger partial charge in [-0.25, -0.2) is 0 Å². The minimum atomic E-state index is -1.09. The summed E-state index contributed by atoms with van der Waals surface area (Å²) in [5.74, 6) is -1.28. The summed E-state index contributed by atoms with van der Waals surface area (Å²) in [6.45, 7) is 2.35. The Morgan fingerprint density at radius 1 is 0.889 bits per heavy atom. The van der Waals surface area contributed by atoms with E-state index in [2.05, 4.69) is 22.0 Å². The molecule has 9 heteroatoms. The first-order valence-electron chi connectivity index (χ1n) is 17.0. The molecule has 3 heterocycles. The monoisotopic (exact) mass is 617 g/mol. The summed E-state index contributed by atoms with van der Waals surface area (Å²) in [5.41, 5.74) is 6.79. The number of anilines is 2. The maximum atomic E-state index is 14.2. The smallest absolute Gasteiger partial charge is 0.323 e. The fraction of sp³-hybridized carbons (Fsp3) is 0.556. The first-order chi connectivity index (χ1) is 22.0. The zero-order valence-electron chi connectivity index (χ0n) is 26.7. The Hall–Kier alpha value is -3.72. The molecule has 3 N–H and O–H groups in total. The van der Waals surface area contributed by atoms with Crippen LogP contribution in [-0.2, 0) is 16.1 Å². The van der Waals surface area contributed by atoms with Gasteiger partial charge in [0.2, 0.25) is 5.91 Å². The number of carbonyl (C=O) groups is 2. The number of carbonyl (C=O) groups excluding carboxylic acids is 1. The van der Waals surface area contributed by atoms with E-state index in [9.17, 15) is 19.5 Å². The van der Waals surface area contributed by atoms with Gasteiger partial charge in [0.25, 0.3) is 5.56 Å². The average molecular weight is 618 g/mol. The van der Waals surface area contributed by atoms with Gasteiger partial charge in [0, 0.05) is 48.9 Å². The van der Waals surface area contributed by atoms with E-state index in [1.54, 1.807) is 11.0 Å². The molecule has 1 aliphatic heterocycles. The van der Waals surface area contributed by atoms with Crippen molar-refractivity contribution in [3.63, 3.8) is 0 Å². The summed E-state index contributed by atoms with van der Waals surface area (Å²) < 4.78 is 1.17. The van der Waals surface area contributed by atoms with Crippen molar-refractivity contribution in [3.05, 3.63) is 65.3 Å². The van der Waals surface area contributed by atoms with Crippen LogP contribution in [0.3, 0.4) is 0 Å². The second-order valence-corrected chi connectivity index (χ2v) is 12.4. The standard InChI is InChI=1S/C36H51N5O4/c37-21-13-9-7-5-3-1-2-4-6-8-10-14-23-41(31-19-20-34(42)40(27-31)28-35(43)44)36(45)30-17-15-22-39(26-30)33-25-38-24-29-16-11-12-18-32(29)33/h11-12,16,18-20,24-25,27,30H,1-10,13-15,17,21-23,26,28,37H2,(H,43,44). The van der Waals surface area contributed by atoms with E-state index < -0.39 is 18.1 Å². The third-order valence-electron chi connectivity index (χ3n) is 8.95. The Labute approximate surface area is 267 Å². The first-order valence-corrected chi connectivity index (χ1v) is 17.0. The highest BCUT2D eigenvalue weighted by Gasteiger charge is 2.31. The maximum Gasteiger partial charge on any atom is 0.323 e. The van der Waals surface area contributed by atoms with Crippen molar-refractivity contribution in [3.8, 4) is 0 Å². The van der Waals surface area contributed by atoms with Crippen LogP contribution >= 0.6 is 0 Å². The third kappa shape index (κ3) is 10.4. The molecular formula is C36H51N5O4. The number of aromatic nitrogens is 2. The minimum Gasteiger partial charge on any atom is -0.480 e. The van der Waals surface area contributed by atoms with Crippen LogP contribution in [0.25, 0.3) is 10.8 Å². The number of amides is 1. The van der Waals surface area contributed by atoms with Crippen molar-refractivity contribution in [2.45, 2.75) is 96.4 Å². The zero-order chi connectivity index (χ0) is 31.9. The molecule has 1 amide bonds. The van der Waals surface area contributed by atoms with Crippen LogP contribution in [-0.4, -0.2) is 52.7 Å². The molecule has 3 aromatic rings. The molecule has 1 aromatic carbocycles. The number of pyridine rings is 2. The molecule has 0 saturated carbocycles. The molecule has 2 aromatic heterocycles. The van der Waals surface area contributed by atoms with E-state index in [1.165, 1.54) is 68.2 Å². The summed E-state index contributed by atoms with van der Waals surface area (Å²) in [5, 5.41) is 11.5. The molecule has 0 radical (unpaired) electrons. The molecule has 9 nitrogen and oxygen atoms in total. The Morgan fingerprint density at radius 3 is 2.24 bits per heavy atom. The van der Waals surface area contributed by atoms with Gasteiger partial charge in [-0.05, 0) is 38.3 Å². The molecule has 1 aliphatic rings. The minimum absolute atomic E-state index is 0.0277. The number of unbranched alkanes of at least 4 members (excludes halogenated alkanes) is 11. The molecular weight excluding hydrogens is 566 g/mol. The molecule has 1 atom stereocenters. The van der Waals surface area contributed by atoms with Gasteiger partial charge in [-0.2, -0.15) is 0 Å². The lowest BCUT2D eigenvalue weighted by atomic mass is 9.95. The molecule has 4 rings (SSSR count). The van der Waals surface area contributed by atoms with Gasteiger partial charge in [0.05, 0.1) is 23.5 Å². The fourth-order valence-corrected chi connectivity index (χ4v) is 6.47. The highest BCUT2D eigenvalue weighted by atomic mass is 16.4. The number of hydrogen-bond donors (Lipinski definition) is 2. The van der Waals surface area contributed by atoms with Gasteiger partial charge in [-0.15, -0.1) is 0 Å². The number of piperidine rings is 1. The van der Waals surface area contributed by atoms with Crippen LogP contribution in [0.5, 0.6) is 0 Å². The number of nitrogens with zero attached hydrogens (tertiary/aromatic N) is 4. The van der Waals surface area contributed by atoms with Crippen molar-refractivity contribution < 1.29 is 14.7 Å². The van der Waals surface area contributed by atoms with Crippen LogP contribution in [0.2, 0.25) is 0 Å². The van der Waals surface area contributed by atoms with Crippen LogP contribution < -0.4 is 21.1 Å². The number of fused-ring (bicyclic) bond motifs is 1. The summed E-state index contributed by atoms with van der Waals surface area (Å²) >= 11 is 0. The van der Waals surface area contributed by atoms with Crippen molar-refractivity contribution >= 4 is 34.0 Å². The quantitative estimate of drug-likeness (QED) is 0.150. The summed E-state index contributed by atoms with van der Waals surface area (Å²) in [6, 6.07) is 11.2. The predicted molar refractivity (Wildman–Crippen MR) is 182 cm³/mol. The van der Waals surface area contributed by atoms with Gasteiger partial charge in [-0.3, -0.25) is 19.4 Å². The van der Waals surface area contributed by atoms with E-state index in [0.717, 1.165) is 68.1 Å². The second-order valence-electron chi connectivity index (χ2n) is 12.4. The SMILES string of the molecule is NCCCCCCCCCCCCCCN(C(=O)C1CCCN(c2cncc3ccccc23)C1)c1ccc(=O)n(CC(=O)O)c1. The Bertz CT molecular complexity index is 1420. The van der Waals surface area contributed by atoms with E-state index in [1.807, 2.05) is 24.5 Å². The lowest BCUT2D eigenvalue weighted by molar-refractivity contribution is -0.137. The van der Waals surface area contributed by atoms with Gasteiger partial charge < -0.3 is 25.2 Å². The molecule has 0 aliphatic carbocycles. The molecule has 0 spiro atoms. The third-order valence-corrected chi connectivity index (χ3v) is 8.95. The van der Waals surface area contributed by atoms with Crippen LogP contribution in [0, 0.1) is 5.92 Å². The van der Waals surface area contributed by atoms with Gasteiger partial charge >= 0.3 is 5.97 Å². The lowest BCUT2D eigenvalue weighted by Gasteiger charge is -2.36. The van der Waals surface area contributed by atoms with Gasteiger partial charge in [-0.1, -0.05) is 88.5 Å². The molecule has 1 saturated heterocycles. The fourth-order valence-electron chi connectivity index (χ4n) is 6.47. The predicted octanol–water partition coefficient (Wildman–Crippen LogP) is 6.37. The number of nitrogens with two attached hydrogens (primary N) is 1. The summed E-state index contributed by atoms with van der Waals surface area (Å²) in [4.78, 5) is 46.5. The number of aliphatic carboxylic acids is 1. The Balaban J connectivity index is 1.36. The highest BCUT2D eigenvalue weighted by molar-refractivity contribution is 5.96. The number of carboxylic acids is 1. The van der Waals surface area contributed by atoms with E-state index in [-0.39, 0.29) is 11.8 Å². The first kappa shape index (κ1) is 34.2. The molecule has 244 valence electrons. The Morgan fingerprint density at radius 2 is 1.56 bits per heavy atom. The molecule has 1 fully saturated rings. The van der Waals surface area contributed by atoms with Crippen molar-refractivity contribution in [1.29, 1.82) is 0 Å². The van der Waals surface area contributed by atoms with Crippen LogP contribution in [0.4, 0.5) is 11.4 Å². The molecule has 1 unspecified atom stereocenters. The van der Waals surface area contributed by atoms with Crippen molar-refractivity contribution in [2.24, 2.45) is 11.7 Å². The zero-order valence-corrected chi connectivity index (χ0v) is 26.7. The largest absolute Gasteiger partial charge is 0.480 e. The highest BCUT2D eigenvalue weighted by Crippen LogP contribution is 2.31. The number of carboxylic acid groups (broad SMARTS) is 1. The second kappa shape index (κ2) is 18.3. The van der Waals surface area contributed by atoms with E-state index in [0.29, 0.717) is 18.8 Å². The van der Waals surface area contributed by atoms with Crippen LogP contribution in [0.15, 0.2) is 59.8 Å². The van der Waals surface area contributed by atoms with Crippen molar-refractivity contribution in [1.82, 2.24) is 9.55 Å². The number of rotatable bonds is 19. The van der Waals surface area contributed by atoms with Crippen molar-refractivity contribution in [2.75, 3.05) is 36.0 Å². The number of hydrogen-bond acceptors (Lipinski definition) is 6. The van der Waals surface area contributed by atoms with E-state index >= 15 is 0 Å². The summed E-state index contributed by atoms with van der Waals surface area (Å²) in [7, 11) is 0. The average Bonchev–Trinajstić information content (AvgIpc) is 3.05. The Kier molecular flexibility index (Phi) is 13.9. The van der Waals surface area contributed by atoms with Gasteiger partial charge in [0.15, 0.2) is 0 Å². The van der Waals surface area contributed by atoms with E-state index in [4.69, 9.17) is 5.73 Å². The van der Waals surface area contributed by atoms with Crippen LogP contribution in [0.1, 0.15) is 89.9 Å².